The van der Waals surface area contributed by atoms with Gasteiger partial charge in [-0.3, -0.25) is 4.79 Å². The van der Waals surface area contributed by atoms with Crippen LogP contribution in [0.1, 0.15) is 80.6 Å². The second-order valence-corrected chi connectivity index (χ2v) is 7.11. The molecule has 1 N–H and O–H groups in total. The van der Waals surface area contributed by atoms with Crippen LogP contribution in [0.5, 0.6) is 0 Å². The van der Waals surface area contributed by atoms with Crippen LogP contribution >= 0.6 is 0 Å². The van der Waals surface area contributed by atoms with Crippen molar-refractivity contribution < 1.29 is 9.53 Å². The maximum atomic E-state index is 12.0. The summed E-state index contributed by atoms with van der Waals surface area (Å²) in [6.07, 6.45) is 4.35. The largest absolute Gasteiger partial charge is 0.375 e. The molecule has 3 heteroatoms. The molecule has 0 aliphatic heterocycles. The first-order chi connectivity index (χ1) is 9.14. The first-order valence-electron chi connectivity index (χ1n) is 8.09. The minimum Gasteiger partial charge on any atom is -0.375 e. The van der Waals surface area contributed by atoms with Gasteiger partial charge in [-0.2, -0.15) is 0 Å². The molecule has 0 saturated heterocycles. The Labute approximate surface area is 125 Å². The van der Waals surface area contributed by atoms with E-state index < -0.39 is 0 Å². The van der Waals surface area contributed by atoms with Gasteiger partial charge in [0, 0.05) is 18.6 Å². The van der Waals surface area contributed by atoms with E-state index in [2.05, 4.69) is 53.8 Å². The van der Waals surface area contributed by atoms with E-state index in [4.69, 9.17) is 4.74 Å². The monoisotopic (exact) mass is 285 g/mol. The molecule has 3 nitrogen and oxygen atoms in total. The number of nitrogens with one attached hydrogen (secondary N) is 1. The highest BCUT2D eigenvalue weighted by Gasteiger charge is 2.25. The lowest BCUT2D eigenvalue weighted by molar-refractivity contribution is -0.123. The van der Waals surface area contributed by atoms with Gasteiger partial charge >= 0.3 is 0 Å². The lowest BCUT2D eigenvalue weighted by atomic mass is 9.94. The van der Waals surface area contributed by atoms with Crippen LogP contribution in [0.3, 0.4) is 0 Å². The summed E-state index contributed by atoms with van der Waals surface area (Å²) in [4.78, 5) is 12.0. The van der Waals surface area contributed by atoms with Crippen LogP contribution in [0.15, 0.2) is 0 Å². The molecule has 20 heavy (non-hydrogen) atoms. The minimum absolute atomic E-state index is 0.0731. The minimum atomic E-state index is -0.155. The standard InChI is InChI=1S/C17H35NO2/c1-8-16(5,6)20-13-12-17(7,9-2)18-15(19)11-10-14(3)4/h14H,8-13H2,1-7H3,(H,18,19). The molecule has 0 heterocycles. The van der Waals surface area contributed by atoms with E-state index in [1.807, 2.05) is 0 Å². The molecule has 1 amide bonds. The Bertz CT molecular complexity index is 287. The molecule has 0 fully saturated rings. The van der Waals surface area contributed by atoms with Gasteiger partial charge in [-0.15, -0.1) is 0 Å². The number of rotatable bonds is 10. The van der Waals surface area contributed by atoms with E-state index in [1.54, 1.807) is 0 Å². The summed E-state index contributed by atoms with van der Waals surface area (Å²) < 4.78 is 5.90. The fraction of sp³-hybridized carbons (Fsp3) is 0.941. The van der Waals surface area contributed by atoms with Gasteiger partial charge in [0.05, 0.1) is 5.60 Å². The van der Waals surface area contributed by atoms with Crippen molar-refractivity contribution in [1.29, 1.82) is 0 Å². The molecule has 0 rings (SSSR count). The zero-order valence-corrected chi connectivity index (χ0v) is 14.6. The van der Waals surface area contributed by atoms with E-state index in [-0.39, 0.29) is 17.0 Å². The Balaban J connectivity index is 4.22. The van der Waals surface area contributed by atoms with Gasteiger partial charge in [0.1, 0.15) is 0 Å². The molecule has 0 bridgehead atoms. The SMILES string of the molecule is CCC(C)(CCOC(C)(C)CC)NC(=O)CCC(C)C. The Hall–Kier alpha value is -0.570. The predicted octanol–water partition coefficient (Wildman–Crippen LogP) is 4.30. The van der Waals surface area contributed by atoms with Gasteiger partial charge < -0.3 is 10.1 Å². The lowest BCUT2D eigenvalue weighted by Crippen LogP contribution is -2.46. The molecule has 0 spiro atoms. The maximum Gasteiger partial charge on any atom is 0.220 e. The average molecular weight is 285 g/mol. The molecule has 0 aliphatic rings. The summed E-state index contributed by atoms with van der Waals surface area (Å²) in [5, 5.41) is 3.18. The third-order valence-corrected chi connectivity index (χ3v) is 4.17. The number of ether oxygens (including phenoxy) is 1. The number of carbonyl (C=O) groups is 1. The number of hydrogen-bond acceptors (Lipinski definition) is 2. The Kier molecular flexibility index (Phi) is 8.41. The van der Waals surface area contributed by atoms with Gasteiger partial charge in [-0.1, -0.05) is 27.7 Å². The van der Waals surface area contributed by atoms with Crippen LogP contribution in [-0.2, 0) is 9.53 Å². The van der Waals surface area contributed by atoms with E-state index >= 15 is 0 Å². The van der Waals surface area contributed by atoms with Crippen molar-refractivity contribution in [3.63, 3.8) is 0 Å². The van der Waals surface area contributed by atoms with Crippen molar-refractivity contribution in [2.75, 3.05) is 6.61 Å². The Morgan fingerprint density at radius 3 is 2.20 bits per heavy atom. The Morgan fingerprint density at radius 1 is 1.15 bits per heavy atom. The predicted molar refractivity (Wildman–Crippen MR) is 85.8 cm³/mol. The van der Waals surface area contributed by atoms with Crippen LogP contribution in [0, 0.1) is 5.92 Å². The van der Waals surface area contributed by atoms with Crippen LogP contribution in [0.25, 0.3) is 0 Å². The van der Waals surface area contributed by atoms with E-state index in [9.17, 15) is 4.79 Å². The second kappa shape index (κ2) is 8.66. The molecular formula is C17H35NO2. The molecule has 0 saturated carbocycles. The number of hydrogen-bond donors (Lipinski definition) is 1. The van der Waals surface area contributed by atoms with Crippen molar-refractivity contribution in [2.45, 2.75) is 91.7 Å². The highest BCUT2D eigenvalue weighted by Crippen LogP contribution is 2.19. The van der Waals surface area contributed by atoms with Crippen molar-refractivity contribution in [2.24, 2.45) is 5.92 Å². The molecule has 0 aromatic rings. The fourth-order valence-electron chi connectivity index (χ4n) is 1.80. The summed E-state index contributed by atoms with van der Waals surface area (Å²) in [6, 6.07) is 0. The fourth-order valence-corrected chi connectivity index (χ4v) is 1.80. The van der Waals surface area contributed by atoms with Crippen molar-refractivity contribution in [3.05, 3.63) is 0 Å². The molecule has 0 aromatic carbocycles. The molecule has 0 radical (unpaired) electrons. The molecular weight excluding hydrogens is 250 g/mol. The normalized spacial score (nSPS) is 15.2. The third kappa shape index (κ3) is 8.57. The van der Waals surface area contributed by atoms with Gasteiger partial charge in [-0.05, 0) is 52.4 Å². The average Bonchev–Trinajstić information content (AvgIpc) is 2.36. The summed E-state index contributed by atoms with van der Waals surface area (Å²) >= 11 is 0. The highest BCUT2D eigenvalue weighted by atomic mass is 16.5. The van der Waals surface area contributed by atoms with E-state index in [0.717, 1.165) is 25.7 Å². The smallest absolute Gasteiger partial charge is 0.220 e. The van der Waals surface area contributed by atoms with Crippen molar-refractivity contribution in [1.82, 2.24) is 5.32 Å². The summed E-state index contributed by atoms with van der Waals surface area (Å²) in [7, 11) is 0. The summed E-state index contributed by atoms with van der Waals surface area (Å²) in [6.45, 7) is 15.6. The van der Waals surface area contributed by atoms with Crippen molar-refractivity contribution in [3.8, 4) is 0 Å². The van der Waals surface area contributed by atoms with Gasteiger partial charge in [0.15, 0.2) is 0 Å². The first kappa shape index (κ1) is 19.4. The van der Waals surface area contributed by atoms with Crippen molar-refractivity contribution >= 4 is 5.91 Å². The number of carbonyl (C=O) groups excluding carboxylic acids is 1. The van der Waals surface area contributed by atoms with E-state index in [0.29, 0.717) is 18.9 Å². The van der Waals surface area contributed by atoms with Crippen LogP contribution in [-0.4, -0.2) is 23.7 Å². The third-order valence-electron chi connectivity index (χ3n) is 4.17. The van der Waals surface area contributed by atoms with Crippen LogP contribution < -0.4 is 5.32 Å². The van der Waals surface area contributed by atoms with E-state index in [1.165, 1.54) is 0 Å². The Morgan fingerprint density at radius 2 is 1.75 bits per heavy atom. The molecule has 1 unspecified atom stereocenters. The van der Waals surface area contributed by atoms with Gasteiger partial charge in [0.2, 0.25) is 5.91 Å². The first-order valence-corrected chi connectivity index (χ1v) is 8.09. The van der Waals surface area contributed by atoms with Crippen LogP contribution in [0.4, 0.5) is 0 Å². The summed E-state index contributed by atoms with van der Waals surface area (Å²) in [5.41, 5.74) is -0.228. The zero-order chi connectivity index (χ0) is 15.8. The molecule has 0 aromatic heterocycles. The van der Waals surface area contributed by atoms with Crippen LogP contribution in [0.2, 0.25) is 0 Å². The molecule has 0 aliphatic carbocycles. The summed E-state index contributed by atoms with van der Waals surface area (Å²) in [5.74, 6) is 0.736. The van der Waals surface area contributed by atoms with Gasteiger partial charge in [-0.25, -0.2) is 0 Å². The molecule has 1 atom stereocenters. The van der Waals surface area contributed by atoms with Gasteiger partial charge in [0.25, 0.3) is 0 Å². The number of amides is 1. The second-order valence-electron chi connectivity index (χ2n) is 7.11. The zero-order valence-electron chi connectivity index (χ0n) is 14.6. The maximum absolute atomic E-state index is 12.0. The highest BCUT2D eigenvalue weighted by molar-refractivity contribution is 5.76. The molecule has 120 valence electrons. The topological polar surface area (TPSA) is 38.3 Å². The quantitative estimate of drug-likeness (QED) is 0.650. The lowest BCUT2D eigenvalue weighted by Gasteiger charge is -2.32.